The fourth-order valence-corrected chi connectivity index (χ4v) is 3.02. The Hall–Kier alpha value is -2.18. The van der Waals surface area contributed by atoms with Crippen LogP contribution in [0.25, 0.3) is 0 Å². The predicted octanol–water partition coefficient (Wildman–Crippen LogP) is 3.30. The highest BCUT2D eigenvalue weighted by atomic mass is 19.1. The van der Waals surface area contributed by atoms with Crippen molar-refractivity contribution in [3.05, 3.63) is 60.1 Å². The van der Waals surface area contributed by atoms with Crippen LogP contribution in [-0.2, 0) is 19.0 Å². The van der Waals surface area contributed by atoms with E-state index in [1.54, 1.807) is 18.2 Å². The Kier molecular flexibility index (Phi) is 7.81. The smallest absolute Gasteiger partial charge is 0.373 e. The quantitative estimate of drug-likeness (QED) is 0.538. The van der Waals surface area contributed by atoms with E-state index < -0.39 is 12.3 Å². The second kappa shape index (κ2) is 10.1. The van der Waals surface area contributed by atoms with Crippen molar-refractivity contribution < 1.29 is 28.5 Å². The molecule has 0 bridgehead atoms. The van der Waals surface area contributed by atoms with E-state index >= 15 is 0 Å². The maximum atomic E-state index is 13.3. The summed E-state index contributed by atoms with van der Waals surface area (Å²) in [6.07, 6.45) is 3.71. The maximum Gasteiger partial charge on any atom is 0.373 e. The van der Waals surface area contributed by atoms with Crippen molar-refractivity contribution in [1.29, 1.82) is 0 Å². The minimum atomic E-state index is -0.655. The summed E-state index contributed by atoms with van der Waals surface area (Å²) in [6, 6.07) is 6.13. The molecule has 1 heterocycles. The largest absolute Gasteiger partial charge is 0.457 e. The SMILES string of the molecule is C=CCOC(=O)C1=C[C@@H](c2ccc(F)cc2)[C@H](CCCO)[C@@H](OCC)O1. The van der Waals surface area contributed by atoms with Crippen molar-refractivity contribution in [1.82, 2.24) is 0 Å². The van der Waals surface area contributed by atoms with Crippen molar-refractivity contribution in [3.8, 4) is 0 Å². The van der Waals surface area contributed by atoms with Crippen molar-refractivity contribution in [2.45, 2.75) is 32.0 Å². The normalized spacial score (nSPS) is 22.3. The van der Waals surface area contributed by atoms with Crippen LogP contribution in [0.15, 0.2) is 48.8 Å². The van der Waals surface area contributed by atoms with Crippen LogP contribution in [0, 0.1) is 11.7 Å². The molecule has 3 atom stereocenters. The minimum Gasteiger partial charge on any atom is -0.457 e. The molecular weight excluding hydrogens is 339 g/mol. The second-order valence-electron chi connectivity index (χ2n) is 5.97. The molecule has 2 rings (SSSR count). The van der Waals surface area contributed by atoms with Crippen molar-refractivity contribution in [2.24, 2.45) is 5.92 Å². The molecule has 0 fully saturated rings. The number of carbonyl (C=O) groups excluding carboxylic acids is 1. The van der Waals surface area contributed by atoms with E-state index in [2.05, 4.69) is 6.58 Å². The molecule has 0 aromatic heterocycles. The molecule has 5 nitrogen and oxygen atoms in total. The van der Waals surface area contributed by atoms with Crippen LogP contribution in [0.1, 0.15) is 31.2 Å². The fourth-order valence-electron chi connectivity index (χ4n) is 3.02. The fraction of sp³-hybridized carbons (Fsp3) is 0.450. The molecule has 1 aliphatic heterocycles. The van der Waals surface area contributed by atoms with Gasteiger partial charge >= 0.3 is 5.97 Å². The predicted molar refractivity (Wildman–Crippen MR) is 94.7 cm³/mol. The first-order valence-electron chi connectivity index (χ1n) is 8.75. The Morgan fingerprint density at radius 1 is 1.38 bits per heavy atom. The molecule has 0 aliphatic carbocycles. The van der Waals surface area contributed by atoms with Gasteiger partial charge in [0, 0.05) is 25.0 Å². The number of ether oxygens (including phenoxy) is 3. The Morgan fingerprint density at radius 3 is 2.73 bits per heavy atom. The number of benzene rings is 1. The zero-order chi connectivity index (χ0) is 18.9. The number of hydrogen-bond acceptors (Lipinski definition) is 5. The van der Waals surface area contributed by atoms with Gasteiger partial charge in [-0.15, -0.1) is 0 Å². The molecule has 1 aromatic carbocycles. The third-order valence-corrected chi connectivity index (χ3v) is 4.20. The molecule has 1 N–H and O–H groups in total. The molecular formula is C20H25FO5. The topological polar surface area (TPSA) is 65.0 Å². The van der Waals surface area contributed by atoms with E-state index in [1.807, 2.05) is 6.92 Å². The monoisotopic (exact) mass is 364 g/mol. The molecule has 1 aliphatic rings. The van der Waals surface area contributed by atoms with E-state index in [1.165, 1.54) is 18.2 Å². The van der Waals surface area contributed by atoms with Crippen LogP contribution >= 0.6 is 0 Å². The zero-order valence-electron chi connectivity index (χ0n) is 14.9. The summed E-state index contributed by atoms with van der Waals surface area (Å²) in [6.45, 7) is 5.89. The van der Waals surface area contributed by atoms with Gasteiger partial charge in [-0.2, -0.15) is 0 Å². The van der Waals surface area contributed by atoms with Crippen LogP contribution in [0.2, 0.25) is 0 Å². The lowest BCUT2D eigenvalue weighted by Gasteiger charge is -2.36. The summed E-state index contributed by atoms with van der Waals surface area (Å²) in [5, 5.41) is 9.21. The highest BCUT2D eigenvalue weighted by molar-refractivity contribution is 5.86. The number of esters is 1. The summed E-state index contributed by atoms with van der Waals surface area (Å²) in [7, 11) is 0. The molecule has 142 valence electrons. The van der Waals surface area contributed by atoms with Gasteiger partial charge in [0.05, 0.1) is 0 Å². The average Bonchev–Trinajstić information content (AvgIpc) is 2.65. The molecule has 0 saturated carbocycles. The molecule has 6 heteroatoms. The van der Waals surface area contributed by atoms with E-state index in [0.717, 1.165) is 5.56 Å². The van der Waals surface area contributed by atoms with Crippen LogP contribution in [0.5, 0.6) is 0 Å². The van der Waals surface area contributed by atoms with Crippen molar-refractivity contribution in [3.63, 3.8) is 0 Å². The van der Waals surface area contributed by atoms with E-state index in [-0.39, 0.29) is 36.6 Å². The Bertz CT molecular complexity index is 626. The van der Waals surface area contributed by atoms with Gasteiger partial charge in [0.15, 0.2) is 0 Å². The second-order valence-corrected chi connectivity index (χ2v) is 5.97. The van der Waals surface area contributed by atoms with Crippen LogP contribution in [0.4, 0.5) is 4.39 Å². The molecule has 0 radical (unpaired) electrons. The number of aliphatic hydroxyl groups excluding tert-OH is 1. The molecule has 26 heavy (non-hydrogen) atoms. The van der Waals surface area contributed by atoms with Gasteiger partial charge in [-0.3, -0.25) is 0 Å². The zero-order valence-corrected chi connectivity index (χ0v) is 14.9. The lowest BCUT2D eigenvalue weighted by molar-refractivity contribution is -0.175. The Balaban J connectivity index is 2.36. The number of hydrogen-bond donors (Lipinski definition) is 1. The highest BCUT2D eigenvalue weighted by Gasteiger charge is 2.38. The van der Waals surface area contributed by atoms with E-state index in [0.29, 0.717) is 19.4 Å². The number of halogens is 1. The van der Waals surface area contributed by atoms with E-state index in [9.17, 15) is 14.3 Å². The molecule has 0 unspecified atom stereocenters. The van der Waals surface area contributed by atoms with Crippen LogP contribution in [-0.4, -0.2) is 37.2 Å². The standard InChI is InChI=1S/C20H25FO5/c1-3-12-25-19(23)18-13-17(14-7-9-15(21)10-8-14)16(6-5-11-22)20(26-18)24-4-2/h3,7-10,13,16-17,20,22H,1,4-6,11-12H2,2H3/t16-,17-,20-/m0/s1. The Labute approximate surface area is 153 Å². The summed E-state index contributed by atoms with van der Waals surface area (Å²) in [5.74, 6) is -1.20. The van der Waals surface area contributed by atoms with Crippen LogP contribution < -0.4 is 0 Å². The molecule has 0 amide bonds. The van der Waals surface area contributed by atoms with Crippen molar-refractivity contribution in [2.75, 3.05) is 19.8 Å². The number of rotatable bonds is 9. The highest BCUT2D eigenvalue weighted by Crippen LogP contribution is 2.39. The summed E-state index contributed by atoms with van der Waals surface area (Å²) >= 11 is 0. The summed E-state index contributed by atoms with van der Waals surface area (Å²) in [5.41, 5.74) is 0.844. The molecule has 0 spiro atoms. The van der Waals surface area contributed by atoms with Gasteiger partial charge in [-0.05, 0) is 43.5 Å². The first-order valence-corrected chi connectivity index (χ1v) is 8.75. The van der Waals surface area contributed by atoms with E-state index in [4.69, 9.17) is 14.2 Å². The summed E-state index contributed by atoms with van der Waals surface area (Å²) in [4.78, 5) is 12.2. The third kappa shape index (κ3) is 5.16. The van der Waals surface area contributed by atoms with Gasteiger partial charge in [-0.25, -0.2) is 9.18 Å². The van der Waals surface area contributed by atoms with Gasteiger partial charge in [0.1, 0.15) is 12.4 Å². The van der Waals surface area contributed by atoms with Crippen molar-refractivity contribution >= 4 is 5.97 Å². The van der Waals surface area contributed by atoms with Gasteiger partial charge in [0.25, 0.3) is 0 Å². The van der Waals surface area contributed by atoms with Crippen LogP contribution in [0.3, 0.4) is 0 Å². The number of carbonyl (C=O) groups is 1. The number of aliphatic hydroxyl groups is 1. The van der Waals surface area contributed by atoms with Gasteiger partial charge in [-0.1, -0.05) is 24.8 Å². The van der Waals surface area contributed by atoms with Gasteiger partial charge in [0.2, 0.25) is 12.0 Å². The first kappa shape index (κ1) is 20.1. The number of allylic oxidation sites excluding steroid dienone is 1. The Morgan fingerprint density at radius 2 is 2.12 bits per heavy atom. The minimum absolute atomic E-state index is 0.0451. The third-order valence-electron chi connectivity index (χ3n) is 4.20. The average molecular weight is 364 g/mol. The molecule has 0 saturated heterocycles. The first-order chi connectivity index (χ1) is 12.6. The molecule has 1 aromatic rings. The lowest BCUT2D eigenvalue weighted by atomic mass is 9.80. The lowest BCUT2D eigenvalue weighted by Crippen LogP contribution is -2.36. The maximum absolute atomic E-state index is 13.3. The summed E-state index contributed by atoms with van der Waals surface area (Å²) < 4.78 is 29.8. The van der Waals surface area contributed by atoms with Gasteiger partial charge < -0.3 is 19.3 Å².